The van der Waals surface area contributed by atoms with Crippen molar-refractivity contribution in [3.8, 4) is 0 Å². The first-order valence-electron chi connectivity index (χ1n) is 5.14. The highest BCUT2D eigenvalue weighted by Crippen LogP contribution is 2.25. The molecule has 0 bridgehead atoms. The number of benzene rings is 1. The van der Waals surface area contributed by atoms with Crippen LogP contribution in [0.5, 0.6) is 0 Å². The van der Waals surface area contributed by atoms with Crippen LogP contribution < -0.4 is 4.72 Å². The van der Waals surface area contributed by atoms with Crippen LogP contribution >= 0.6 is 15.9 Å². The Kier molecular flexibility index (Phi) is 4.75. The molecular formula is C11H14BrNO4S. The van der Waals surface area contributed by atoms with E-state index in [2.05, 4.69) is 25.4 Å². The molecule has 1 aromatic carbocycles. The van der Waals surface area contributed by atoms with Gasteiger partial charge in [0.25, 0.3) is 0 Å². The van der Waals surface area contributed by atoms with Crippen LogP contribution in [0.15, 0.2) is 22.7 Å². The second-order valence-electron chi connectivity index (χ2n) is 3.72. The van der Waals surface area contributed by atoms with Gasteiger partial charge >= 0.3 is 5.97 Å². The molecule has 0 aliphatic carbocycles. The van der Waals surface area contributed by atoms with Gasteiger partial charge in [-0.15, -0.1) is 0 Å². The summed E-state index contributed by atoms with van der Waals surface area (Å²) in [6, 6.07) is 5.14. The second kappa shape index (κ2) is 5.71. The molecule has 0 aromatic heterocycles. The van der Waals surface area contributed by atoms with E-state index < -0.39 is 21.2 Å². The van der Waals surface area contributed by atoms with Crippen molar-refractivity contribution in [1.82, 2.24) is 0 Å². The van der Waals surface area contributed by atoms with Crippen LogP contribution in [0.25, 0.3) is 0 Å². The van der Waals surface area contributed by atoms with Crippen LogP contribution in [-0.2, 0) is 19.6 Å². The third kappa shape index (κ3) is 3.23. The number of carbonyl (C=O) groups excluding carboxylic acids is 1. The summed E-state index contributed by atoms with van der Waals surface area (Å²) >= 11 is 3.31. The van der Waals surface area contributed by atoms with E-state index in [9.17, 15) is 13.2 Å². The second-order valence-corrected chi connectivity index (χ2v) is 6.58. The van der Waals surface area contributed by atoms with Crippen molar-refractivity contribution < 1.29 is 17.9 Å². The lowest BCUT2D eigenvalue weighted by atomic mass is 10.2. The summed E-state index contributed by atoms with van der Waals surface area (Å²) in [5.41, 5.74) is 1.18. The van der Waals surface area contributed by atoms with Crippen molar-refractivity contribution in [2.75, 3.05) is 11.8 Å². The summed E-state index contributed by atoms with van der Waals surface area (Å²) < 4.78 is 31.5. The number of methoxy groups -OCH3 is 1. The number of anilines is 1. The van der Waals surface area contributed by atoms with Crippen molar-refractivity contribution in [1.29, 1.82) is 0 Å². The fourth-order valence-electron chi connectivity index (χ4n) is 1.25. The van der Waals surface area contributed by atoms with E-state index >= 15 is 0 Å². The molecule has 0 saturated carbocycles. The van der Waals surface area contributed by atoms with E-state index in [1.807, 2.05) is 0 Å². The van der Waals surface area contributed by atoms with E-state index in [4.69, 9.17) is 0 Å². The minimum Gasteiger partial charge on any atom is -0.468 e. The van der Waals surface area contributed by atoms with Gasteiger partial charge < -0.3 is 4.74 Å². The highest BCUT2D eigenvalue weighted by molar-refractivity contribution is 9.10. The summed E-state index contributed by atoms with van der Waals surface area (Å²) in [4.78, 5) is 11.2. The number of hydrogen-bond acceptors (Lipinski definition) is 4. The molecule has 0 amide bonds. The third-order valence-corrected chi connectivity index (χ3v) is 5.01. The van der Waals surface area contributed by atoms with Crippen LogP contribution in [-0.4, -0.2) is 26.7 Å². The molecule has 18 heavy (non-hydrogen) atoms. The summed E-state index contributed by atoms with van der Waals surface area (Å²) in [5.74, 6) is -0.796. The monoisotopic (exact) mass is 335 g/mol. The van der Waals surface area contributed by atoms with Gasteiger partial charge in [-0.25, -0.2) is 8.42 Å². The number of sulfonamides is 1. The molecule has 1 atom stereocenters. The van der Waals surface area contributed by atoms with Gasteiger partial charge in [-0.3, -0.25) is 9.52 Å². The van der Waals surface area contributed by atoms with Gasteiger partial charge in [0.15, 0.2) is 5.25 Å². The predicted octanol–water partition coefficient (Wildman–Crippen LogP) is 2.06. The Hall–Kier alpha value is -1.08. The van der Waals surface area contributed by atoms with Crippen LogP contribution in [0, 0.1) is 6.92 Å². The molecule has 1 rings (SSSR count). The Balaban J connectivity index is 3.03. The van der Waals surface area contributed by atoms with Crippen molar-refractivity contribution >= 4 is 37.6 Å². The fourth-order valence-corrected chi connectivity index (χ4v) is 2.67. The first kappa shape index (κ1) is 15.0. The number of rotatable bonds is 4. The highest BCUT2D eigenvalue weighted by Gasteiger charge is 2.29. The fraction of sp³-hybridized carbons (Fsp3) is 0.364. The van der Waals surface area contributed by atoms with Gasteiger partial charge in [-0.1, -0.05) is 22.0 Å². The smallest absolute Gasteiger partial charge is 0.325 e. The lowest BCUT2D eigenvalue weighted by Gasteiger charge is -2.15. The van der Waals surface area contributed by atoms with E-state index in [1.165, 1.54) is 6.92 Å². The topological polar surface area (TPSA) is 72.5 Å². The van der Waals surface area contributed by atoms with Gasteiger partial charge in [-0.2, -0.15) is 0 Å². The maximum absolute atomic E-state index is 11.9. The molecule has 0 aliphatic heterocycles. The third-order valence-electron chi connectivity index (χ3n) is 2.52. The summed E-state index contributed by atoms with van der Waals surface area (Å²) in [6.07, 6.45) is 0. The number of nitrogens with one attached hydrogen (secondary N) is 1. The molecule has 1 unspecified atom stereocenters. The van der Waals surface area contributed by atoms with Crippen LogP contribution in [0.4, 0.5) is 5.69 Å². The molecule has 5 nitrogen and oxygen atoms in total. The Morgan fingerprint density at radius 1 is 1.44 bits per heavy atom. The van der Waals surface area contributed by atoms with E-state index in [-0.39, 0.29) is 0 Å². The minimum absolute atomic E-state index is 0.431. The quantitative estimate of drug-likeness (QED) is 0.855. The number of hydrogen-bond donors (Lipinski definition) is 1. The molecule has 0 radical (unpaired) electrons. The van der Waals surface area contributed by atoms with Crippen molar-refractivity contribution in [3.05, 3.63) is 28.2 Å². The zero-order chi connectivity index (χ0) is 13.9. The molecule has 1 aromatic rings. The highest BCUT2D eigenvalue weighted by atomic mass is 79.9. The summed E-state index contributed by atoms with van der Waals surface area (Å²) in [5, 5.41) is -1.26. The zero-order valence-corrected chi connectivity index (χ0v) is 12.6. The molecule has 7 heteroatoms. The van der Waals surface area contributed by atoms with Crippen molar-refractivity contribution in [2.45, 2.75) is 19.1 Å². The Bertz CT molecular complexity index is 556. The Morgan fingerprint density at radius 3 is 2.61 bits per heavy atom. The molecule has 0 saturated heterocycles. The zero-order valence-electron chi connectivity index (χ0n) is 10.2. The number of halogens is 1. The van der Waals surface area contributed by atoms with E-state index in [1.54, 1.807) is 25.1 Å². The lowest BCUT2D eigenvalue weighted by molar-refractivity contribution is -0.139. The van der Waals surface area contributed by atoms with Crippen LogP contribution in [0.3, 0.4) is 0 Å². The van der Waals surface area contributed by atoms with Gasteiger partial charge in [0, 0.05) is 4.47 Å². The van der Waals surface area contributed by atoms with Crippen molar-refractivity contribution in [2.24, 2.45) is 0 Å². The molecule has 100 valence electrons. The normalized spacial score (nSPS) is 12.9. The maximum atomic E-state index is 11.9. The summed E-state index contributed by atoms with van der Waals surface area (Å²) in [6.45, 7) is 3.05. The minimum atomic E-state index is -3.81. The maximum Gasteiger partial charge on any atom is 0.325 e. The molecule has 1 N–H and O–H groups in total. The van der Waals surface area contributed by atoms with Gasteiger partial charge in [0.2, 0.25) is 10.0 Å². The van der Waals surface area contributed by atoms with Crippen LogP contribution in [0.1, 0.15) is 12.5 Å². The summed E-state index contributed by atoms with van der Waals surface area (Å²) in [7, 11) is -2.66. The Morgan fingerprint density at radius 2 is 2.06 bits per heavy atom. The van der Waals surface area contributed by atoms with Crippen molar-refractivity contribution in [3.63, 3.8) is 0 Å². The van der Waals surface area contributed by atoms with Gasteiger partial charge in [-0.05, 0) is 31.5 Å². The van der Waals surface area contributed by atoms with E-state index in [0.29, 0.717) is 5.69 Å². The molecular weight excluding hydrogens is 322 g/mol. The molecule has 0 fully saturated rings. The van der Waals surface area contributed by atoms with Crippen LogP contribution in [0.2, 0.25) is 0 Å². The first-order chi connectivity index (χ1) is 8.29. The number of esters is 1. The average molecular weight is 336 g/mol. The first-order valence-corrected chi connectivity index (χ1v) is 7.48. The average Bonchev–Trinajstić information content (AvgIpc) is 2.32. The number of ether oxygens (including phenoxy) is 1. The molecule has 0 aliphatic rings. The SMILES string of the molecule is COC(=O)C(C)S(=O)(=O)Nc1cccc(Br)c1C. The predicted molar refractivity (Wildman–Crippen MR) is 72.9 cm³/mol. The van der Waals surface area contributed by atoms with E-state index in [0.717, 1.165) is 17.1 Å². The largest absolute Gasteiger partial charge is 0.468 e. The molecule has 0 heterocycles. The Labute approximate surface area is 115 Å². The molecule has 0 spiro atoms. The lowest BCUT2D eigenvalue weighted by Crippen LogP contribution is -2.33. The standard InChI is InChI=1S/C11H14BrNO4S/c1-7-9(12)5-4-6-10(7)13-18(15,16)8(2)11(14)17-3/h4-6,8,13H,1-3H3. The van der Waals surface area contributed by atoms with Gasteiger partial charge in [0.05, 0.1) is 12.8 Å². The van der Waals surface area contributed by atoms with Gasteiger partial charge in [0.1, 0.15) is 0 Å². The number of carbonyl (C=O) groups is 1.